The predicted octanol–water partition coefficient (Wildman–Crippen LogP) is 4.75. The van der Waals surface area contributed by atoms with E-state index >= 15 is 0 Å². The summed E-state index contributed by atoms with van der Waals surface area (Å²) in [7, 11) is 0. The molecule has 3 aromatic carbocycles. The summed E-state index contributed by atoms with van der Waals surface area (Å²) in [5, 5.41) is 5.59. The Balaban J connectivity index is 1.81. The van der Waals surface area contributed by atoms with Crippen LogP contribution in [0.2, 0.25) is 0 Å². The molecule has 200 valence electrons. The summed E-state index contributed by atoms with van der Waals surface area (Å²) in [4.78, 5) is 40.3. The smallest absolute Gasteiger partial charge is 0.256 e. The molecule has 7 nitrogen and oxygen atoms in total. The van der Waals surface area contributed by atoms with Crippen LogP contribution in [0.15, 0.2) is 72.8 Å². The van der Waals surface area contributed by atoms with Crippen molar-refractivity contribution >= 4 is 23.4 Å². The molecule has 0 aliphatic carbocycles. The van der Waals surface area contributed by atoms with Crippen molar-refractivity contribution < 1.29 is 27.9 Å². The number of nitrogens with one attached hydrogen (secondary N) is 2. The maximum absolute atomic E-state index is 13.5. The number of hydrogen-bond donors (Lipinski definition) is 2. The van der Waals surface area contributed by atoms with Crippen LogP contribution >= 0.6 is 0 Å². The Morgan fingerprint density at radius 1 is 0.895 bits per heavy atom. The third kappa shape index (κ3) is 8.48. The second-order valence-electron chi connectivity index (χ2n) is 9.83. The van der Waals surface area contributed by atoms with E-state index in [0.717, 1.165) is 17.0 Å². The van der Waals surface area contributed by atoms with Crippen molar-refractivity contribution in [2.45, 2.75) is 45.7 Å². The predicted molar refractivity (Wildman–Crippen MR) is 141 cm³/mol. The molecule has 0 aliphatic heterocycles. The zero-order chi connectivity index (χ0) is 27.9. The lowest BCUT2D eigenvalue weighted by atomic mass is 10.1. The molecule has 3 rings (SSSR count). The van der Waals surface area contributed by atoms with Crippen LogP contribution in [0.3, 0.4) is 0 Å². The third-order valence-electron chi connectivity index (χ3n) is 5.33. The maximum atomic E-state index is 13.5. The molecule has 0 spiro atoms. The van der Waals surface area contributed by atoms with Gasteiger partial charge in [-0.2, -0.15) is 0 Å². The van der Waals surface area contributed by atoms with Crippen molar-refractivity contribution in [3.8, 4) is 11.5 Å². The van der Waals surface area contributed by atoms with Crippen molar-refractivity contribution in [3.63, 3.8) is 0 Å². The van der Waals surface area contributed by atoms with E-state index in [1.54, 1.807) is 36.4 Å². The first kappa shape index (κ1) is 28.5. The molecular weight excluding hydrogens is 492 g/mol. The molecule has 38 heavy (non-hydrogen) atoms. The monoisotopic (exact) mass is 523 g/mol. The molecule has 0 radical (unpaired) electrons. The van der Waals surface area contributed by atoms with Crippen molar-refractivity contribution in [1.29, 1.82) is 0 Å². The zero-order valence-electron chi connectivity index (χ0n) is 21.8. The highest BCUT2D eigenvalue weighted by Crippen LogP contribution is 2.26. The first-order valence-corrected chi connectivity index (χ1v) is 12.1. The third-order valence-corrected chi connectivity index (χ3v) is 5.33. The normalized spacial score (nSPS) is 11.9. The quantitative estimate of drug-likeness (QED) is 0.423. The molecule has 1 atom stereocenters. The molecule has 0 saturated heterocycles. The maximum Gasteiger partial charge on any atom is 0.256 e. The van der Waals surface area contributed by atoms with E-state index in [2.05, 4.69) is 10.6 Å². The van der Waals surface area contributed by atoms with Crippen LogP contribution in [0.4, 0.5) is 14.5 Å². The van der Waals surface area contributed by atoms with Crippen LogP contribution in [-0.4, -0.2) is 35.8 Å². The number of imide groups is 1. The van der Waals surface area contributed by atoms with Gasteiger partial charge in [-0.05, 0) is 69.7 Å². The highest BCUT2D eigenvalue weighted by atomic mass is 19.1. The molecule has 9 heteroatoms. The molecule has 2 N–H and O–H groups in total. The number of carbonyl (C=O) groups excluding carboxylic acids is 3. The van der Waals surface area contributed by atoms with Gasteiger partial charge in [0.1, 0.15) is 29.2 Å². The molecule has 0 saturated carbocycles. The van der Waals surface area contributed by atoms with E-state index in [1.807, 2.05) is 39.0 Å². The Hall–Kier alpha value is -4.11. The van der Waals surface area contributed by atoms with Gasteiger partial charge in [0, 0.05) is 17.7 Å². The average molecular weight is 524 g/mol. The van der Waals surface area contributed by atoms with E-state index < -0.39 is 35.4 Å². The second kappa shape index (κ2) is 12.4. The molecule has 3 amide bonds. The van der Waals surface area contributed by atoms with E-state index in [-0.39, 0.29) is 29.8 Å². The van der Waals surface area contributed by atoms with Crippen molar-refractivity contribution in [2.75, 3.05) is 11.4 Å². The zero-order valence-corrected chi connectivity index (χ0v) is 21.8. The molecule has 3 aromatic rings. The summed E-state index contributed by atoms with van der Waals surface area (Å²) in [6, 6.07) is 17.2. The SMILES string of the molecule is C[C@H](NC(=O)Cc1cc(F)cc(F)c1)C(=O)N(C(=O)CNC(C)(C)C)c1cccc(Oc2ccccc2)c1. The lowest BCUT2D eigenvalue weighted by Gasteiger charge is -2.27. The van der Waals surface area contributed by atoms with Crippen molar-refractivity contribution in [3.05, 3.63) is 90.0 Å². The van der Waals surface area contributed by atoms with Gasteiger partial charge >= 0.3 is 0 Å². The summed E-state index contributed by atoms with van der Waals surface area (Å²) in [6.45, 7) is 6.97. The average Bonchev–Trinajstić information content (AvgIpc) is 2.82. The summed E-state index contributed by atoms with van der Waals surface area (Å²) in [5.41, 5.74) is -0.00642. The van der Waals surface area contributed by atoms with E-state index in [4.69, 9.17) is 4.74 Å². The summed E-state index contributed by atoms with van der Waals surface area (Å²) >= 11 is 0. The Bertz CT molecular complexity index is 1270. The van der Waals surface area contributed by atoms with E-state index in [9.17, 15) is 23.2 Å². The van der Waals surface area contributed by atoms with Crippen LogP contribution in [-0.2, 0) is 20.8 Å². The number of benzene rings is 3. The topological polar surface area (TPSA) is 87.7 Å². The summed E-state index contributed by atoms with van der Waals surface area (Å²) < 4.78 is 32.8. The molecule has 0 bridgehead atoms. The number of rotatable bonds is 9. The highest BCUT2D eigenvalue weighted by molar-refractivity contribution is 6.17. The van der Waals surface area contributed by atoms with Crippen LogP contribution in [0, 0.1) is 11.6 Å². The second-order valence-corrected chi connectivity index (χ2v) is 9.83. The fraction of sp³-hybridized carbons (Fsp3) is 0.276. The molecular formula is C29H31F2N3O4. The fourth-order valence-corrected chi connectivity index (χ4v) is 3.57. The van der Waals surface area contributed by atoms with Gasteiger partial charge in [0.25, 0.3) is 5.91 Å². The number of hydrogen-bond acceptors (Lipinski definition) is 5. The Labute approximate surface area is 220 Å². The molecule has 0 aliphatic rings. The lowest BCUT2D eigenvalue weighted by molar-refractivity contribution is -0.130. The van der Waals surface area contributed by atoms with Gasteiger partial charge in [-0.3, -0.25) is 14.4 Å². The van der Waals surface area contributed by atoms with Crippen molar-refractivity contribution in [2.24, 2.45) is 0 Å². The lowest BCUT2D eigenvalue weighted by Crippen LogP contribution is -2.53. The van der Waals surface area contributed by atoms with Gasteiger partial charge in [-0.15, -0.1) is 0 Å². The minimum Gasteiger partial charge on any atom is -0.457 e. The minimum absolute atomic E-state index is 0.118. The van der Waals surface area contributed by atoms with Crippen LogP contribution < -0.4 is 20.3 Å². The Kier molecular flexibility index (Phi) is 9.30. The molecule has 0 fully saturated rings. The van der Waals surface area contributed by atoms with Gasteiger partial charge in [-0.25, -0.2) is 13.7 Å². The van der Waals surface area contributed by atoms with Gasteiger partial charge < -0.3 is 15.4 Å². The summed E-state index contributed by atoms with van der Waals surface area (Å²) in [6.07, 6.45) is -0.341. The number of amides is 3. The standard InChI is InChI=1S/C29H31F2N3O4/c1-19(33-26(35)15-20-13-21(30)16-22(31)14-20)28(37)34(27(36)18-32-29(2,3)4)23-9-8-12-25(17-23)38-24-10-6-5-7-11-24/h5-14,16-17,19,32H,15,18H2,1-4H3,(H,33,35)/t19-/m0/s1. The molecule has 0 heterocycles. The molecule has 0 unspecified atom stereocenters. The number of para-hydroxylation sites is 1. The van der Waals surface area contributed by atoms with Gasteiger partial charge in [0.15, 0.2) is 0 Å². The number of anilines is 1. The number of carbonyl (C=O) groups is 3. The number of nitrogens with zero attached hydrogens (tertiary/aromatic N) is 1. The van der Waals surface area contributed by atoms with Crippen molar-refractivity contribution in [1.82, 2.24) is 10.6 Å². The Morgan fingerprint density at radius 2 is 1.53 bits per heavy atom. The van der Waals surface area contributed by atoms with Gasteiger partial charge in [0.05, 0.1) is 18.7 Å². The van der Waals surface area contributed by atoms with Crippen LogP contribution in [0.1, 0.15) is 33.3 Å². The summed E-state index contributed by atoms with van der Waals surface area (Å²) in [5.74, 6) is -2.46. The van der Waals surface area contributed by atoms with Crippen LogP contribution in [0.5, 0.6) is 11.5 Å². The van der Waals surface area contributed by atoms with Gasteiger partial charge in [-0.1, -0.05) is 24.3 Å². The number of halogens is 2. The van der Waals surface area contributed by atoms with E-state index in [0.29, 0.717) is 17.6 Å². The van der Waals surface area contributed by atoms with Crippen LogP contribution in [0.25, 0.3) is 0 Å². The number of ether oxygens (including phenoxy) is 1. The van der Waals surface area contributed by atoms with Gasteiger partial charge in [0.2, 0.25) is 11.8 Å². The van der Waals surface area contributed by atoms with E-state index in [1.165, 1.54) is 6.92 Å². The molecule has 0 aromatic heterocycles. The fourth-order valence-electron chi connectivity index (χ4n) is 3.57. The highest BCUT2D eigenvalue weighted by Gasteiger charge is 2.29. The minimum atomic E-state index is -1.11. The Morgan fingerprint density at radius 3 is 2.16 bits per heavy atom. The first-order valence-electron chi connectivity index (χ1n) is 12.1. The first-order chi connectivity index (χ1) is 17.9. The largest absolute Gasteiger partial charge is 0.457 e.